The molecule has 2 amide bonds. The summed E-state index contributed by atoms with van der Waals surface area (Å²) in [7, 11) is 0. The normalized spacial score (nSPS) is 22.4. The van der Waals surface area contributed by atoms with Crippen LogP contribution in [0.3, 0.4) is 0 Å². The molecule has 23 heavy (non-hydrogen) atoms. The fourth-order valence-electron chi connectivity index (χ4n) is 2.57. The molecule has 128 valence electrons. The van der Waals surface area contributed by atoms with Gasteiger partial charge in [0.2, 0.25) is 5.91 Å². The number of nitrogens with two attached hydrogens (primary N) is 1. The maximum atomic E-state index is 13.0. The highest BCUT2D eigenvalue weighted by molar-refractivity contribution is 5.93. The maximum Gasteiger partial charge on any atom is 0.394 e. The third kappa shape index (κ3) is 3.48. The fraction of sp³-hybridized carbons (Fsp3) is 0.643. The Hall–Kier alpha value is -2.06. The number of likely N-dealkylation sites (tertiary alicyclic amines) is 1. The molecular weight excluding hydrogens is 313 g/mol. The van der Waals surface area contributed by atoms with Crippen LogP contribution in [0.1, 0.15) is 37.0 Å². The molecule has 9 heteroatoms. The summed E-state index contributed by atoms with van der Waals surface area (Å²) in [5.74, 6) is -5.07. The zero-order valence-electron chi connectivity index (χ0n) is 13.1. The molecule has 0 aromatic carbocycles. The first-order chi connectivity index (χ1) is 10.4. The molecule has 1 aliphatic heterocycles. The quantitative estimate of drug-likeness (QED) is 0.858. The lowest BCUT2D eigenvalue weighted by molar-refractivity contribution is -0.182. The molecule has 2 atom stereocenters. The average molecular weight is 332 g/mol. The highest BCUT2D eigenvalue weighted by atomic mass is 19.4. The van der Waals surface area contributed by atoms with Crippen LogP contribution in [0.5, 0.6) is 0 Å². The highest BCUT2D eigenvalue weighted by Crippen LogP contribution is 2.38. The molecular formula is C14H19F3N4O2. The van der Waals surface area contributed by atoms with Gasteiger partial charge in [-0.1, -0.05) is 20.8 Å². The summed E-state index contributed by atoms with van der Waals surface area (Å²) < 4.78 is 39.0. The number of carbonyl (C=O) groups excluding carboxylic acids is 2. The second kappa shape index (κ2) is 5.54. The number of nitrogens with zero attached hydrogens (tertiary/aromatic N) is 2. The van der Waals surface area contributed by atoms with E-state index in [-0.39, 0.29) is 17.7 Å². The van der Waals surface area contributed by atoms with Crippen molar-refractivity contribution in [3.05, 3.63) is 17.5 Å². The molecule has 1 saturated heterocycles. The monoisotopic (exact) mass is 332 g/mol. The average Bonchev–Trinajstić information content (AvgIpc) is 3.04. The number of carbonyl (C=O) groups is 2. The second-order valence-electron chi connectivity index (χ2n) is 6.78. The summed E-state index contributed by atoms with van der Waals surface area (Å²) >= 11 is 0. The van der Waals surface area contributed by atoms with E-state index in [1.807, 2.05) is 20.8 Å². The number of H-pyrrole nitrogens is 1. The Morgan fingerprint density at radius 1 is 1.30 bits per heavy atom. The van der Waals surface area contributed by atoms with Gasteiger partial charge in [0.1, 0.15) is 5.69 Å². The van der Waals surface area contributed by atoms with Crippen LogP contribution < -0.4 is 5.73 Å². The Morgan fingerprint density at radius 2 is 1.91 bits per heavy atom. The Labute approximate surface area is 131 Å². The number of rotatable bonds is 2. The van der Waals surface area contributed by atoms with Gasteiger partial charge in [-0.25, -0.2) is 0 Å². The molecule has 2 heterocycles. The van der Waals surface area contributed by atoms with Crippen molar-refractivity contribution in [2.24, 2.45) is 17.6 Å². The van der Waals surface area contributed by atoms with E-state index in [4.69, 9.17) is 5.73 Å². The largest absolute Gasteiger partial charge is 0.394 e. The van der Waals surface area contributed by atoms with E-state index in [0.717, 1.165) is 4.90 Å². The number of hydrogen-bond acceptors (Lipinski definition) is 3. The summed E-state index contributed by atoms with van der Waals surface area (Å²) in [6, 6.07) is 1.52. The van der Waals surface area contributed by atoms with Crippen molar-refractivity contribution in [3.8, 4) is 0 Å². The minimum Gasteiger partial charge on any atom is -0.369 e. The van der Waals surface area contributed by atoms with E-state index in [2.05, 4.69) is 10.2 Å². The number of primary amides is 1. The molecule has 1 aliphatic rings. The number of halogens is 3. The SMILES string of the molecule is CC(C)(C)c1cc(C(=O)N2C[C@H](C(N)=O)[C@@H](C(F)(F)F)C2)n[nH]1. The van der Waals surface area contributed by atoms with Crippen molar-refractivity contribution in [3.63, 3.8) is 0 Å². The lowest BCUT2D eigenvalue weighted by Gasteiger charge is -2.18. The molecule has 1 aromatic rings. The summed E-state index contributed by atoms with van der Waals surface area (Å²) in [6.45, 7) is 4.79. The first kappa shape index (κ1) is 17.3. The van der Waals surface area contributed by atoms with E-state index >= 15 is 0 Å². The van der Waals surface area contributed by atoms with Crippen LogP contribution in [0, 0.1) is 11.8 Å². The van der Waals surface area contributed by atoms with Gasteiger partial charge in [-0.3, -0.25) is 14.7 Å². The summed E-state index contributed by atoms with van der Waals surface area (Å²) in [6.07, 6.45) is -4.59. The number of amides is 2. The lowest BCUT2D eigenvalue weighted by Crippen LogP contribution is -2.37. The first-order valence-electron chi connectivity index (χ1n) is 7.12. The van der Waals surface area contributed by atoms with E-state index in [0.29, 0.717) is 5.69 Å². The number of hydrogen-bond donors (Lipinski definition) is 2. The molecule has 2 rings (SSSR count). The Kier molecular flexibility index (Phi) is 4.16. The van der Waals surface area contributed by atoms with E-state index < -0.39 is 36.4 Å². The fourth-order valence-corrected chi connectivity index (χ4v) is 2.57. The zero-order valence-corrected chi connectivity index (χ0v) is 13.1. The van der Waals surface area contributed by atoms with E-state index in [9.17, 15) is 22.8 Å². The minimum absolute atomic E-state index is 0.0287. The van der Waals surface area contributed by atoms with Crippen molar-refractivity contribution in [1.29, 1.82) is 0 Å². The van der Waals surface area contributed by atoms with Crippen molar-refractivity contribution < 1.29 is 22.8 Å². The van der Waals surface area contributed by atoms with Crippen LogP contribution in [0.4, 0.5) is 13.2 Å². The Bertz CT molecular complexity index is 618. The second-order valence-corrected chi connectivity index (χ2v) is 6.78. The Morgan fingerprint density at radius 3 is 2.30 bits per heavy atom. The standard InChI is InChI=1S/C14H19F3N4O2/c1-13(2,3)10-4-9(19-20-10)12(23)21-5-7(11(18)22)8(6-21)14(15,16)17/h4,7-8H,5-6H2,1-3H3,(H2,18,22)(H,19,20)/t7-,8-/m0/s1. The Balaban J connectivity index is 2.21. The van der Waals surface area contributed by atoms with Gasteiger partial charge >= 0.3 is 6.18 Å². The molecule has 0 spiro atoms. The van der Waals surface area contributed by atoms with Crippen molar-refractivity contribution in [2.45, 2.75) is 32.4 Å². The third-order valence-electron chi connectivity index (χ3n) is 4.00. The van der Waals surface area contributed by atoms with E-state index in [1.54, 1.807) is 0 Å². The molecule has 0 saturated carbocycles. The zero-order chi connectivity index (χ0) is 17.6. The van der Waals surface area contributed by atoms with Crippen molar-refractivity contribution >= 4 is 11.8 Å². The molecule has 0 aliphatic carbocycles. The molecule has 0 radical (unpaired) electrons. The summed E-state index contributed by atoms with van der Waals surface area (Å²) in [5, 5.41) is 6.58. The number of aromatic nitrogens is 2. The lowest BCUT2D eigenvalue weighted by atomic mass is 9.92. The van der Waals surface area contributed by atoms with Crippen LogP contribution in [0.25, 0.3) is 0 Å². The number of aromatic amines is 1. The number of nitrogens with one attached hydrogen (secondary N) is 1. The van der Waals surface area contributed by atoms with Crippen LogP contribution in [0.2, 0.25) is 0 Å². The summed E-state index contributed by atoms with van der Waals surface area (Å²) in [4.78, 5) is 24.6. The summed E-state index contributed by atoms with van der Waals surface area (Å²) in [5.41, 5.74) is 5.49. The van der Waals surface area contributed by atoms with Gasteiger partial charge in [-0.2, -0.15) is 18.3 Å². The smallest absolute Gasteiger partial charge is 0.369 e. The van der Waals surface area contributed by atoms with Crippen LogP contribution in [-0.4, -0.2) is 46.2 Å². The van der Waals surface area contributed by atoms with Gasteiger partial charge in [-0.15, -0.1) is 0 Å². The molecule has 0 bridgehead atoms. The van der Waals surface area contributed by atoms with Gasteiger partial charge in [0.25, 0.3) is 5.91 Å². The topological polar surface area (TPSA) is 92.1 Å². The molecule has 3 N–H and O–H groups in total. The van der Waals surface area contributed by atoms with Crippen LogP contribution in [0.15, 0.2) is 6.07 Å². The molecule has 1 fully saturated rings. The van der Waals surface area contributed by atoms with Crippen LogP contribution in [-0.2, 0) is 10.2 Å². The maximum absolute atomic E-state index is 13.0. The predicted molar refractivity (Wildman–Crippen MR) is 75.4 cm³/mol. The van der Waals surface area contributed by atoms with E-state index in [1.165, 1.54) is 6.07 Å². The van der Waals surface area contributed by atoms with Gasteiger partial charge in [0.15, 0.2) is 0 Å². The number of alkyl halides is 3. The third-order valence-corrected chi connectivity index (χ3v) is 4.00. The first-order valence-corrected chi connectivity index (χ1v) is 7.12. The van der Waals surface area contributed by atoms with Crippen LogP contribution >= 0.6 is 0 Å². The van der Waals surface area contributed by atoms with Crippen molar-refractivity contribution in [1.82, 2.24) is 15.1 Å². The highest BCUT2D eigenvalue weighted by Gasteiger charge is 2.53. The molecule has 6 nitrogen and oxygen atoms in total. The molecule has 1 aromatic heterocycles. The minimum atomic E-state index is -4.59. The van der Waals surface area contributed by atoms with Crippen molar-refractivity contribution in [2.75, 3.05) is 13.1 Å². The predicted octanol–water partition coefficient (Wildman–Crippen LogP) is 1.44. The van der Waals surface area contributed by atoms with Gasteiger partial charge in [0.05, 0.1) is 11.8 Å². The molecule has 0 unspecified atom stereocenters. The van der Waals surface area contributed by atoms with Gasteiger partial charge in [-0.05, 0) is 6.07 Å². The van der Waals surface area contributed by atoms with Gasteiger partial charge in [0, 0.05) is 24.2 Å². The van der Waals surface area contributed by atoms with Gasteiger partial charge < -0.3 is 10.6 Å².